The molecule has 0 atom stereocenters. The van der Waals surface area contributed by atoms with E-state index < -0.39 is 0 Å². The summed E-state index contributed by atoms with van der Waals surface area (Å²) in [7, 11) is 0. The normalized spacial score (nSPS) is 11.6. The highest BCUT2D eigenvalue weighted by Crippen LogP contribution is 2.42. The van der Waals surface area contributed by atoms with Gasteiger partial charge in [-0.25, -0.2) is 15.0 Å². The summed E-state index contributed by atoms with van der Waals surface area (Å²) in [5.41, 5.74) is 10.7. The third kappa shape index (κ3) is 6.04. The summed E-state index contributed by atoms with van der Waals surface area (Å²) in [6.07, 6.45) is 0. The zero-order valence-electron chi connectivity index (χ0n) is 33.1. The van der Waals surface area contributed by atoms with Crippen molar-refractivity contribution in [1.82, 2.24) is 19.5 Å². The van der Waals surface area contributed by atoms with Crippen molar-refractivity contribution in [2.24, 2.45) is 0 Å². The van der Waals surface area contributed by atoms with Gasteiger partial charge in [-0.2, -0.15) is 0 Å². The number of nitrogens with zero attached hydrogens (tertiary/aromatic N) is 4. The molecule has 0 bridgehead atoms. The van der Waals surface area contributed by atoms with Crippen molar-refractivity contribution in [1.29, 1.82) is 0 Å². The molecular formula is C57H36N4. The van der Waals surface area contributed by atoms with Crippen LogP contribution in [0.1, 0.15) is 0 Å². The van der Waals surface area contributed by atoms with Crippen LogP contribution in [0.4, 0.5) is 0 Å². The molecule has 0 amide bonds. The molecule has 0 aliphatic heterocycles. The van der Waals surface area contributed by atoms with Crippen LogP contribution in [0.2, 0.25) is 0 Å². The van der Waals surface area contributed by atoms with Crippen molar-refractivity contribution in [3.8, 4) is 62.1 Å². The van der Waals surface area contributed by atoms with Gasteiger partial charge in [0.25, 0.3) is 0 Å². The molecule has 0 spiro atoms. The summed E-state index contributed by atoms with van der Waals surface area (Å²) >= 11 is 0. The van der Waals surface area contributed by atoms with Crippen molar-refractivity contribution in [2.75, 3.05) is 0 Å². The van der Waals surface area contributed by atoms with Crippen LogP contribution >= 0.6 is 0 Å². The number of hydrogen-bond donors (Lipinski definition) is 0. The second kappa shape index (κ2) is 14.3. The highest BCUT2D eigenvalue weighted by molar-refractivity contribution is 6.23. The standard InChI is InChI=1S/C57H36N4/c1-3-14-37(15-4-1)42-23-13-24-45(32-42)49-35-47(57-59-55(40-18-5-2-6-19-40)58-56(60-57)46-27-26-38-16-7-8-20-41(38)33-46)29-30-51(49)61-52-31-28-39-17-11-12-25-48(39)54(52)50-34-43-21-9-10-22-44(43)36-53(50)61/h1-36H. The maximum absolute atomic E-state index is 5.24. The summed E-state index contributed by atoms with van der Waals surface area (Å²) in [6.45, 7) is 0. The topological polar surface area (TPSA) is 43.6 Å². The second-order valence-corrected chi connectivity index (χ2v) is 15.6. The molecule has 4 nitrogen and oxygen atoms in total. The molecule has 12 rings (SSSR count). The molecule has 0 aliphatic rings. The van der Waals surface area contributed by atoms with Gasteiger partial charge in [0.2, 0.25) is 0 Å². The van der Waals surface area contributed by atoms with Gasteiger partial charge in [-0.15, -0.1) is 0 Å². The minimum Gasteiger partial charge on any atom is -0.309 e. The van der Waals surface area contributed by atoms with Crippen molar-refractivity contribution < 1.29 is 0 Å². The molecule has 2 aromatic heterocycles. The van der Waals surface area contributed by atoms with E-state index in [0.29, 0.717) is 17.5 Å². The van der Waals surface area contributed by atoms with Crippen molar-refractivity contribution in [3.05, 3.63) is 218 Å². The first-order valence-electron chi connectivity index (χ1n) is 20.7. The highest BCUT2D eigenvalue weighted by Gasteiger charge is 2.21. The Labute approximate surface area is 352 Å². The zero-order chi connectivity index (χ0) is 40.3. The Balaban J connectivity index is 1.14. The quantitative estimate of drug-likeness (QED) is 0.169. The number of hydrogen-bond acceptors (Lipinski definition) is 3. The first kappa shape index (κ1) is 34.8. The van der Waals surface area contributed by atoms with E-state index >= 15 is 0 Å². The lowest BCUT2D eigenvalue weighted by atomic mass is 9.96. The largest absolute Gasteiger partial charge is 0.309 e. The van der Waals surface area contributed by atoms with Gasteiger partial charge in [0, 0.05) is 33.0 Å². The molecule has 284 valence electrons. The van der Waals surface area contributed by atoms with Gasteiger partial charge < -0.3 is 4.57 Å². The van der Waals surface area contributed by atoms with E-state index in [2.05, 4.69) is 205 Å². The lowest BCUT2D eigenvalue weighted by molar-refractivity contribution is 1.07. The maximum Gasteiger partial charge on any atom is 0.164 e. The Kier molecular flexibility index (Phi) is 8.13. The second-order valence-electron chi connectivity index (χ2n) is 15.6. The molecule has 0 saturated heterocycles. The van der Waals surface area contributed by atoms with Crippen LogP contribution in [0.5, 0.6) is 0 Å². The zero-order valence-corrected chi connectivity index (χ0v) is 33.1. The number of rotatable bonds is 6. The van der Waals surface area contributed by atoms with E-state index in [1.165, 1.54) is 43.3 Å². The molecule has 61 heavy (non-hydrogen) atoms. The van der Waals surface area contributed by atoms with E-state index in [1.54, 1.807) is 0 Å². The molecule has 4 heteroatoms. The monoisotopic (exact) mass is 776 g/mol. The number of fused-ring (bicyclic) bond motifs is 7. The average Bonchev–Trinajstić information content (AvgIpc) is 3.66. The fraction of sp³-hybridized carbons (Fsp3) is 0. The van der Waals surface area contributed by atoms with E-state index in [0.717, 1.165) is 55.5 Å². The molecule has 0 unspecified atom stereocenters. The van der Waals surface area contributed by atoms with Crippen LogP contribution in [0.3, 0.4) is 0 Å². The molecule has 0 saturated carbocycles. The summed E-state index contributed by atoms with van der Waals surface area (Å²) in [6, 6.07) is 77.8. The first-order chi connectivity index (χ1) is 30.2. The van der Waals surface area contributed by atoms with Crippen LogP contribution in [-0.2, 0) is 0 Å². The third-order valence-corrected chi connectivity index (χ3v) is 12.0. The Morgan fingerprint density at radius 1 is 0.279 bits per heavy atom. The van der Waals surface area contributed by atoms with Crippen LogP contribution < -0.4 is 0 Å². The van der Waals surface area contributed by atoms with E-state index in [9.17, 15) is 0 Å². The lowest BCUT2D eigenvalue weighted by Gasteiger charge is -2.17. The van der Waals surface area contributed by atoms with Gasteiger partial charge in [0.05, 0.1) is 16.7 Å². The molecule has 10 aromatic carbocycles. The Bertz CT molecular complexity index is 3650. The molecule has 0 fully saturated rings. The van der Waals surface area contributed by atoms with Crippen molar-refractivity contribution >= 4 is 54.1 Å². The molecule has 0 N–H and O–H groups in total. The highest BCUT2D eigenvalue weighted by atomic mass is 15.0. The Morgan fingerprint density at radius 3 is 1.57 bits per heavy atom. The SMILES string of the molecule is c1ccc(-c2cccc(-c3cc(-c4nc(-c5ccccc5)nc(-c5ccc6ccccc6c5)n4)ccc3-n3c4cc5ccccc5cc4c4c5ccccc5ccc43)c2)cc1. The van der Waals surface area contributed by atoms with Crippen LogP contribution in [0.15, 0.2) is 218 Å². The van der Waals surface area contributed by atoms with Gasteiger partial charge in [-0.05, 0) is 97.5 Å². The smallest absolute Gasteiger partial charge is 0.164 e. The fourth-order valence-electron chi connectivity index (χ4n) is 9.01. The van der Waals surface area contributed by atoms with E-state index in [-0.39, 0.29) is 0 Å². The predicted octanol–water partition coefficient (Wildman–Crippen LogP) is 14.8. The molecule has 2 heterocycles. The van der Waals surface area contributed by atoms with Gasteiger partial charge >= 0.3 is 0 Å². The van der Waals surface area contributed by atoms with E-state index in [1.807, 2.05) is 18.2 Å². The first-order valence-corrected chi connectivity index (χ1v) is 20.7. The molecule has 12 aromatic rings. The van der Waals surface area contributed by atoms with Gasteiger partial charge in [0.15, 0.2) is 17.5 Å². The van der Waals surface area contributed by atoms with Crippen LogP contribution in [0.25, 0.3) is 116 Å². The fourth-order valence-corrected chi connectivity index (χ4v) is 9.01. The molecule has 0 aliphatic carbocycles. The number of aromatic nitrogens is 4. The summed E-state index contributed by atoms with van der Waals surface area (Å²) in [4.78, 5) is 15.5. The average molecular weight is 777 g/mol. The molecular weight excluding hydrogens is 741 g/mol. The summed E-state index contributed by atoms with van der Waals surface area (Å²) in [5, 5.41) is 9.67. The Morgan fingerprint density at radius 2 is 0.820 bits per heavy atom. The third-order valence-electron chi connectivity index (χ3n) is 12.0. The lowest BCUT2D eigenvalue weighted by Crippen LogP contribution is -2.02. The maximum atomic E-state index is 5.24. The van der Waals surface area contributed by atoms with Crippen LogP contribution in [0, 0.1) is 0 Å². The van der Waals surface area contributed by atoms with Crippen molar-refractivity contribution in [2.45, 2.75) is 0 Å². The summed E-state index contributed by atoms with van der Waals surface area (Å²) in [5.74, 6) is 1.88. The Hall–Kier alpha value is -8.21. The predicted molar refractivity (Wildman–Crippen MR) is 254 cm³/mol. The van der Waals surface area contributed by atoms with Gasteiger partial charge in [0.1, 0.15) is 0 Å². The summed E-state index contributed by atoms with van der Waals surface area (Å²) < 4.78 is 2.46. The van der Waals surface area contributed by atoms with Crippen molar-refractivity contribution in [3.63, 3.8) is 0 Å². The minimum absolute atomic E-state index is 0.614. The minimum atomic E-state index is 0.614. The molecule has 0 radical (unpaired) electrons. The number of benzene rings is 10. The van der Waals surface area contributed by atoms with Gasteiger partial charge in [-0.1, -0.05) is 170 Å². The van der Waals surface area contributed by atoms with Gasteiger partial charge in [-0.3, -0.25) is 0 Å². The van der Waals surface area contributed by atoms with E-state index in [4.69, 9.17) is 15.0 Å². The van der Waals surface area contributed by atoms with Crippen LogP contribution in [-0.4, -0.2) is 19.5 Å².